The van der Waals surface area contributed by atoms with Crippen LogP contribution in [0, 0.1) is 0 Å². The summed E-state index contributed by atoms with van der Waals surface area (Å²) in [7, 11) is 0. The van der Waals surface area contributed by atoms with Crippen LogP contribution in [0.5, 0.6) is 0 Å². The number of carbonyl (C=O) groups is 1. The Labute approximate surface area is 142 Å². The first-order valence-electron chi connectivity index (χ1n) is 7.97. The fraction of sp³-hybridized carbons (Fsp3) is 0.588. The zero-order chi connectivity index (χ0) is 15.9. The predicted molar refractivity (Wildman–Crippen MR) is 95.1 cm³/mol. The van der Waals surface area contributed by atoms with Crippen LogP contribution in [0.1, 0.15) is 43.0 Å². The van der Waals surface area contributed by atoms with Crippen LogP contribution in [-0.2, 0) is 0 Å². The summed E-state index contributed by atoms with van der Waals surface area (Å²) in [6.07, 6.45) is 6.91. The third-order valence-electron chi connectivity index (χ3n) is 4.27. The fourth-order valence-electron chi connectivity index (χ4n) is 2.87. The van der Waals surface area contributed by atoms with E-state index in [9.17, 15) is 4.79 Å². The lowest BCUT2D eigenvalue weighted by Crippen LogP contribution is -2.39. The van der Waals surface area contributed by atoms with Crippen molar-refractivity contribution in [2.24, 2.45) is 0 Å². The zero-order valence-electron chi connectivity index (χ0n) is 13.4. The van der Waals surface area contributed by atoms with Crippen molar-refractivity contribution in [1.29, 1.82) is 0 Å². The van der Waals surface area contributed by atoms with Crippen molar-refractivity contribution in [1.82, 2.24) is 10.2 Å². The molecule has 1 N–H and O–H groups in total. The molecule has 3 nitrogen and oxygen atoms in total. The van der Waals surface area contributed by atoms with Crippen molar-refractivity contribution in [2.75, 3.05) is 25.9 Å². The van der Waals surface area contributed by atoms with Gasteiger partial charge in [-0.05, 0) is 57.2 Å². The molecule has 1 amide bonds. The minimum atomic E-state index is -0.0763. The first-order valence-corrected chi connectivity index (χ1v) is 9.58. The van der Waals surface area contributed by atoms with Gasteiger partial charge in [-0.25, -0.2) is 0 Å². The molecule has 2 rings (SSSR count). The Morgan fingerprint density at radius 1 is 1.45 bits per heavy atom. The molecule has 5 heteroatoms. The third kappa shape index (κ3) is 4.90. The van der Waals surface area contributed by atoms with Crippen LogP contribution in [0.2, 0.25) is 5.02 Å². The number of nitrogens with one attached hydrogen (secondary N) is 1. The SMILES string of the molecule is CSc1ccc(Cl)c(C(=O)NCCCN2CCCCC2C)c1. The highest BCUT2D eigenvalue weighted by Gasteiger charge is 2.17. The summed E-state index contributed by atoms with van der Waals surface area (Å²) < 4.78 is 0. The van der Waals surface area contributed by atoms with Gasteiger partial charge < -0.3 is 10.2 Å². The number of likely N-dealkylation sites (tertiary alicyclic amines) is 1. The molecule has 1 fully saturated rings. The number of rotatable bonds is 6. The van der Waals surface area contributed by atoms with E-state index in [2.05, 4.69) is 17.1 Å². The molecule has 1 saturated heterocycles. The minimum absolute atomic E-state index is 0.0763. The van der Waals surface area contributed by atoms with Crippen molar-refractivity contribution in [3.8, 4) is 0 Å². The molecule has 1 aromatic carbocycles. The standard InChI is InChI=1S/C17H25ClN2OS/c1-13-6-3-4-10-20(13)11-5-9-19-17(21)15-12-14(22-2)7-8-16(15)18/h7-8,12-13H,3-6,9-11H2,1-2H3,(H,19,21). The van der Waals surface area contributed by atoms with Crippen molar-refractivity contribution >= 4 is 29.3 Å². The van der Waals surface area contributed by atoms with Gasteiger partial charge in [-0.15, -0.1) is 11.8 Å². The molecular weight excluding hydrogens is 316 g/mol. The molecule has 1 aliphatic heterocycles. The molecule has 1 aliphatic rings. The second-order valence-corrected chi connectivity index (χ2v) is 7.12. The van der Waals surface area contributed by atoms with Gasteiger partial charge in [0.15, 0.2) is 0 Å². The zero-order valence-corrected chi connectivity index (χ0v) is 15.0. The summed E-state index contributed by atoms with van der Waals surface area (Å²) in [6, 6.07) is 6.26. The molecule has 1 aromatic rings. The number of nitrogens with zero attached hydrogens (tertiary/aromatic N) is 1. The highest BCUT2D eigenvalue weighted by molar-refractivity contribution is 7.98. The van der Waals surface area contributed by atoms with E-state index in [1.807, 2.05) is 18.4 Å². The number of piperidine rings is 1. The minimum Gasteiger partial charge on any atom is -0.352 e. The van der Waals surface area contributed by atoms with Gasteiger partial charge in [0.1, 0.15) is 0 Å². The maximum Gasteiger partial charge on any atom is 0.252 e. The van der Waals surface area contributed by atoms with Crippen molar-refractivity contribution in [3.63, 3.8) is 0 Å². The molecule has 0 aromatic heterocycles. The van der Waals surface area contributed by atoms with Crippen molar-refractivity contribution in [2.45, 2.75) is 43.5 Å². The number of hydrogen-bond donors (Lipinski definition) is 1. The van der Waals surface area contributed by atoms with E-state index in [1.54, 1.807) is 17.8 Å². The molecule has 122 valence electrons. The van der Waals surface area contributed by atoms with Crippen LogP contribution in [-0.4, -0.2) is 42.7 Å². The number of benzene rings is 1. The Hall–Kier alpha value is -0.710. The predicted octanol–water partition coefficient (Wildman–Crippen LogP) is 4.06. The Kier molecular flexibility index (Phi) is 7.06. The molecule has 1 atom stereocenters. The highest BCUT2D eigenvalue weighted by atomic mass is 35.5. The molecule has 1 unspecified atom stereocenters. The van der Waals surface area contributed by atoms with E-state index in [0.29, 0.717) is 23.2 Å². The number of halogens is 1. The van der Waals surface area contributed by atoms with Crippen LogP contribution < -0.4 is 5.32 Å². The quantitative estimate of drug-likeness (QED) is 0.626. The number of hydrogen-bond acceptors (Lipinski definition) is 3. The molecule has 0 saturated carbocycles. The molecule has 1 heterocycles. The van der Waals surface area contributed by atoms with E-state index in [0.717, 1.165) is 17.9 Å². The molecule has 0 aliphatic carbocycles. The van der Waals surface area contributed by atoms with E-state index >= 15 is 0 Å². The van der Waals surface area contributed by atoms with Crippen LogP contribution in [0.4, 0.5) is 0 Å². The maximum absolute atomic E-state index is 12.2. The Morgan fingerprint density at radius 2 is 2.27 bits per heavy atom. The van der Waals surface area contributed by atoms with Gasteiger partial charge in [0.2, 0.25) is 0 Å². The molecule has 22 heavy (non-hydrogen) atoms. The van der Waals surface area contributed by atoms with E-state index in [4.69, 9.17) is 11.6 Å². The monoisotopic (exact) mass is 340 g/mol. The summed E-state index contributed by atoms with van der Waals surface area (Å²) >= 11 is 7.73. The van der Waals surface area contributed by atoms with E-state index in [1.165, 1.54) is 25.8 Å². The van der Waals surface area contributed by atoms with E-state index < -0.39 is 0 Å². The van der Waals surface area contributed by atoms with Crippen LogP contribution in [0.25, 0.3) is 0 Å². The average Bonchev–Trinajstić information content (AvgIpc) is 2.53. The van der Waals surface area contributed by atoms with Crippen LogP contribution >= 0.6 is 23.4 Å². The van der Waals surface area contributed by atoms with Crippen molar-refractivity contribution in [3.05, 3.63) is 28.8 Å². The summed E-state index contributed by atoms with van der Waals surface area (Å²) in [5.74, 6) is -0.0763. The average molecular weight is 341 g/mol. The summed E-state index contributed by atoms with van der Waals surface area (Å²) in [4.78, 5) is 15.8. The van der Waals surface area contributed by atoms with Gasteiger partial charge in [-0.1, -0.05) is 18.0 Å². The Morgan fingerprint density at radius 3 is 3.00 bits per heavy atom. The topological polar surface area (TPSA) is 32.3 Å². The summed E-state index contributed by atoms with van der Waals surface area (Å²) in [5, 5.41) is 3.50. The van der Waals surface area contributed by atoms with Gasteiger partial charge in [0, 0.05) is 24.0 Å². The number of thioether (sulfide) groups is 1. The fourth-order valence-corrected chi connectivity index (χ4v) is 3.52. The number of amides is 1. The van der Waals surface area contributed by atoms with Crippen molar-refractivity contribution < 1.29 is 4.79 Å². The van der Waals surface area contributed by atoms with Gasteiger partial charge in [-0.3, -0.25) is 4.79 Å². The van der Waals surface area contributed by atoms with Crippen LogP contribution in [0.3, 0.4) is 0 Å². The lowest BCUT2D eigenvalue weighted by molar-refractivity contribution is 0.0949. The van der Waals surface area contributed by atoms with Crippen LogP contribution in [0.15, 0.2) is 23.1 Å². The lowest BCUT2D eigenvalue weighted by atomic mass is 10.0. The second kappa shape index (κ2) is 8.80. The smallest absolute Gasteiger partial charge is 0.252 e. The first kappa shape index (κ1) is 17.6. The maximum atomic E-state index is 12.2. The normalized spacial score (nSPS) is 19.1. The highest BCUT2D eigenvalue weighted by Crippen LogP contribution is 2.23. The van der Waals surface area contributed by atoms with Gasteiger partial charge in [0.25, 0.3) is 5.91 Å². The lowest BCUT2D eigenvalue weighted by Gasteiger charge is -2.33. The molecule has 0 bridgehead atoms. The second-order valence-electron chi connectivity index (χ2n) is 5.84. The molecular formula is C17H25ClN2OS. The summed E-state index contributed by atoms with van der Waals surface area (Å²) in [6.45, 7) is 5.24. The summed E-state index contributed by atoms with van der Waals surface area (Å²) in [5.41, 5.74) is 0.569. The first-order chi connectivity index (χ1) is 10.6. The van der Waals surface area contributed by atoms with Gasteiger partial charge in [-0.2, -0.15) is 0 Å². The van der Waals surface area contributed by atoms with Gasteiger partial charge >= 0.3 is 0 Å². The molecule has 0 radical (unpaired) electrons. The van der Waals surface area contributed by atoms with E-state index in [-0.39, 0.29) is 5.91 Å². The Balaban J connectivity index is 1.78. The molecule has 0 spiro atoms. The third-order valence-corrected chi connectivity index (χ3v) is 5.32. The largest absolute Gasteiger partial charge is 0.352 e. The number of carbonyl (C=O) groups excluding carboxylic acids is 1. The Bertz CT molecular complexity index is 509. The van der Waals surface area contributed by atoms with Gasteiger partial charge in [0.05, 0.1) is 10.6 Å².